The van der Waals surface area contributed by atoms with Crippen molar-refractivity contribution in [3.8, 4) is 17.2 Å². The number of nitrogens with zero attached hydrogens (tertiary/aromatic N) is 3. The van der Waals surface area contributed by atoms with E-state index in [4.69, 9.17) is 16.3 Å². The van der Waals surface area contributed by atoms with Crippen LogP contribution < -0.4 is 9.46 Å². The Balaban J connectivity index is 1.74. The second-order valence-electron chi connectivity index (χ2n) is 7.02. The van der Waals surface area contributed by atoms with Crippen LogP contribution in [-0.2, 0) is 16.4 Å². The molecule has 0 bridgehead atoms. The van der Waals surface area contributed by atoms with Gasteiger partial charge in [0.05, 0.1) is 18.4 Å². The molecule has 0 saturated carbocycles. The van der Waals surface area contributed by atoms with E-state index in [1.54, 1.807) is 54.6 Å². The molecule has 1 aromatic heterocycles. The number of aromatic hydroxyl groups is 1. The van der Waals surface area contributed by atoms with Gasteiger partial charge in [-0.3, -0.25) is 9.29 Å². The Labute approximate surface area is 195 Å². The number of aromatic nitrogens is 3. The fourth-order valence-corrected chi connectivity index (χ4v) is 4.36. The summed E-state index contributed by atoms with van der Waals surface area (Å²) in [5.74, 6) is 0.120. The largest absolute Gasteiger partial charge is 0.506 e. The van der Waals surface area contributed by atoms with E-state index in [9.17, 15) is 13.5 Å². The van der Waals surface area contributed by atoms with Crippen LogP contribution in [0.1, 0.15) is 11.4 Å². The third-order valence-corrected chi connectivity index (χ3v) is 6.28. The second-order valence-corrected chi connectivity index (χ2v) is 9.30. The summed E-state index contributed by atoms with van der Waals surface area (Å²) in [6.07, 6.45) is 5.41. The first-order valence-corrected chi connectivity index (χ1v) is 11.9. The smallest absolute Gasteiger partial charge is 0.243 e. The zero-order chi connectivity index (χ0) is 23.4. The van der Waals surface area contributed by atoms with E-state index >= 15 is 0 Å². The van der Waals surface area contributed by atoms with Gasteiger partial charge in [-0.15, -0.1) is 10.2 Å². The van der Waals surface area contributed by atoms with Gasteiger partial charge in [-0.05, 0) is 48.4 Å². The first-order chi connectivity index (χ1) is 15.9. The van der Waals surface area contributed by atoms with Gasteiger partial charge in [0.25, 0.3) is 0 Å². The van der Waals surface area contributed by atoms with Crippen molar-refractivity contribution in [1.82, 2.24) is 14.8 Å². The Morgan fingerprint density at radius 1 is 1.18 bits per heavy atom. The molecule has 0 unspecified atom stereocenters. The van der Waals surface area contributed by atoms with Gasteiger partial charge in [0, 0.05) is 5.02 Å². The quantitative estimate of drug-likeness (QED) is 0.472. The van der Waals surface area contributed by atoms with Crippen molar-refractivity contribution >= 4 is 33.1 Å². The number of nitrogens with one attached hydrogen (secondary N) is 1. The summed E-state index contributed by atoms with van der Waals surface area (Å²) in [7, 11) is -2.38. The van der Waals surface area contributed by atoms with Crippen molar-refractivity contribution in [2.45, 2.75) is 6.42 Å². The highest BCUT2D eigenvalue weighted by Crippen LogP contribution is 2.36. The van der Waals surface area contributed by atoms with E-state index in [1.165, 1.54) is 17.7 Å². The number of methoxy groups -OCH3 is 1. The first-order valence-electron chi connectivity index (χ1n) is 9.83. The maximum Gasteiger partial charge on any atom is 0.243 e. The molecule has 1 heterocycles. The number of phenolic OH excluding ortho intramolecular Hbond substituents is 1. The third kappa shape index (κ3) is 5.03. The number of allylic oxidation sites excluding steroid dienone is 4. The van der Waals surface area contributed by atoms with Crippen LogP contribution >= 0.6 is 11.6 Å². The molecule has 0 amide bonds. The molecule has 10 heteroatoms. The van der Waals surface area contributed by atoms with Gasteiger partial charge < -0.3 is 9.84 Å². The molecule has 33 heavy (non-hydrogen) atoms. The van der Waals surface area contributed by atoms with Crippen molar-refractivity contribution < 1.29 is 18.3 Å². The minimum Gasteiger partial charge on any atom is -0.506 e. The molecule has 0 aliphatic heterocycles. The summed E-state index contributed by atoms with van der Waals surface area (Å²) < 4.78 is 35.0. The summed E-state index contributed by atoms with van der Waals surface area (Å²) >= 11 is 5.89. The molecule has 0 spiro atoms. The lowest BCUT2D eigenvalue weighted by molar-refractivity contribution is 0.404. The van der Waals surface area contributed by atoms with Crippen molar-refractivity contribution in [2.24, 2.45) is 0 Å². The fraction of sp³-hybridized carbons (Fsp3) is 0.130. The molecule has 0 fully saturated rings. The number of sulfonamides is 1. The zero-order valence-electron chi connectivity index (χ0n) is 17.5. The predicted octanol–water partition coefficient (Wildman–Crippen LogP) is 3.88. The Morgan fingerprint density at radius 2 is 1.97 bits per heavy atom. The molecule has 168 valence electrons. The zero-order valence-corrected chi connectivity index (χ0v) is 19.1. The fourth-order valence-electron chi connectivity index (χ4n) is 3.21. The van der Waals surface area contributed by atoms with Gasteiger partial charge >= 0.3 is 0 Å². The van der Waals surface area contributed by atoms with Crippen molar-refractivity contribution in [1.29, 1.82) is 0 Å². The van der Waals surface area contributed by atoms with Gasteiger partial charge in [0.15, 0.2) is 5.82 Å². The lowest BCUT2D eigenvalue weighted by Crippen LogP contribution is -2.21. The summed E-state index contributed by atoms with van der Waals surface area (Å²) in [4.78, 5) is 0. The molecule has 1 aliphatic carbocycles. The minimum atomic E-state index is -3.82. The number of halogens is 1. The van der Waals surface area contributed by atoms with Crippen LogP contribution in [0.3, 0.4) is 0 Å². The average Bonchev–Trinajstić information content (AvgIpc) is 3.21. The number of hydrogen-bond acceptors (Lipinski definition) is 6. The van der Waals surface area contributed by atoms with Gasteiger partial charge in [0.1, 0.15) is 17.2 Å². The van der Waals surface area contributed by atoms with Gasteiger partial charge in [-0.1, -0.05) is 47.3 Å². The number of anilines is 1. The monoisotopic (exact) mass is 482 g/mol. The number of ether oxygens (including phenoxy) is 1. The van der Waals surface area contributed by atoms with E-state index in [0.717, 1.165) is 5.56 Å². The van der Waals surface area contributed by atoms with Gasteiger partial charge in [-0.2, -0.15) is 0 Å². The van der Waals surface area contributed by atoms with Crippen LogP contribution in [0.5, 0.6) is 11.5 Å². The molecule has 4 rings (SSSR count). The Hall–Kier alpha value is -3.74. The topological polar surface area (TPSA) is 106 Å². The van der Waals surface area contributed by atoms with E-state index in [1.807, 2.05) is 0 Å². The summed E-state index contributed by atoms with van der Waals surface area (Å²) in [5.41, 5.74) is 7.27. The van der Waals surface area contributed by atoms with Crippen LogP contribution in [0, 0.1) is 0 Å². The van der Waals surface area contributed by atoms with Crippen LogP contribution in [0.15, 0.2) is 72.2 Å². The maximum atomic E-state index is 12.9. The molecule has 1 aliphatic rings. The van der Waals surface area contributed by atoms with Crippen LogP contribution in [0.25, 0.3) is 11.3 Å². The highest BCUT2D eigenvalue weighted by Gasteiger charge is 2.25. The number of rotatable bonds is 8. The second kappa shape index (κ2) is 9.40. The maximum absolute atomic E-state index is 12.9. The molecule has 2 N–H and O–H groups in total. The normalized spacial score (nSPS) is 12.6. The number of phenols is 1. The summed E-state index contributed by atoms with van der Waals surface area (Å²) in [5, 5.41) is 19.4. The Bertz CT molecular complexity index is 1430. The molecular weight excluding hydrogens is 464 g/mol. The minimum absolute atomic E-state index is 0.0989. The van der Waals surface area contributed by atoms with Crippen LogP contribution in [-0.4, -0.2) is 41.2 Å². The van der Waals surface area contributed by atoms with Gasteiger partial charge in [-0.25, -0.2) is 8.42 Å². The summed E-state index contributed by atoms with van der Waals surface area (Å²) in [6, 6.07) is 11.7. The van der Waals surface area contributed by atoms with E-state index < -0.39 is 10.0 Å². The molecule has 0 atom stereocenters. The number of aryl methyl sites for hydroxylation is 1. The van der Waals surface area contributed by atoms with Crippen LogP contribution in [0.2, 0.25) is 5.02 Å². The molecule has 0 radical (unpaired) electrons. The van der Waals surface area contributed by atoms with Crippen LogP contribution in [0.4, 0.5) is 5.95 Å². The number of para-hydroxylation sites is 1. The summed E-state index contributed by atoms with van der Waals surface area (Å²) in [6.45, 7) is 0. The van der Waals surface area contributed by atoms with Gasteiger partial charge in [0.2, 0.25) is 16.0 Å². The molecule has 8 nitrogen and oxygen atoms in total. The Morgan fingerprint density at radius 3 is 2.67 bits per heavy atom. The van der Waals surface area contributed by atoms with E-state index in [-0.39, 0.29) is 35.4 Å². The van der Waals surface area contributed by atoms with Crippen molar-refractivity contribution in [3.05, 3.63) is 88.6 Å². The third-order valence-electron chi connectivity index (χ3n) is 4.79. The predicted molar refractivity (Wildman–Crippen MR) is 126 cm³/mol. The molecule has 3 aromatic rings. The van der Waals surface area contributed by atoms with E-state index in [2.05, 4.69) is 26.4 Å². The first kappa shape index (κ1) is 22.5. The standard InChI is InChI=1S/C23H19ClN4O4S/c1-32-20-9-5-8-19(29)21(20)28-22(17-6-3-2-4-7-17)25-26-23(28)27-33(30,31)15-14-16-10-12-18(24)13-11-16/h2-3,5-6,8-13,29H,14-15H2,1H3,(H,26,27). The molecular formula is C23H19ClN4O4S. The number of benzene rings is 2. The SMILES string of the molecule is COc1cccc(O)c1-n1c(NS(=O)(=O)CCc2ccc(Cl)cc2)nnc1C1=C=C=CC=C1. The highest BCUT2D eigenvalue weighted by atomic mass is 35.5. The average molecular weight is 483 g/mol. The number of hydrogen-bond donors (Lipinski definition) is 2. The highest BCUT2D eigenvalue weighted by molar-refractivity contribution is 7.92. The van der Waals surface area contributed by atoms with E-state index in [0.29, 0.717) is 16.3 Å². The van der Waals surface area contributed by atoms with Crippen molar-refractivity contribution in [2.75, 3.05) is 17.6 Å². The lowest BCUT2D eigenvalue weighted by Gasteiger charge is -2.16. The molecule has 0 saturated heterocycles. The molecule has 2 aromatic carbocycles. The van der Waals surface area contributed by atoms with Crippen molar-refractivity contribution in [3.63, 3.8) is 0 Å². The Kier molecular flexibility index (Phi) is 6.40. The lowest BCUT2D eigenvalue weighted by atomic mass is 10.2.